The summed E-state index contributed by atoms with van der Waals surface area (Å²) in [5.41, 5.74) is 0. The van der Waals surface area contributed by atoms with Gasteiger partial charge in [0.05, 0.1) is 0 Å². The van der Waals surface area contributed by atoms with E-state index in [1.54, 1.807) is 0 Å². The third-order valence-electron chi connectivity index (χ3n) is 11.0. The molecule has 0 N–H and O–H groups in total. The first-order valence-corrected chi connectivity index (χ1v) is 25.9. The van der Waals surface area contributed by atoms with Crippen LogP contribution in [0.3, 0.4) is 0 Å². The van der Waals surface area contributed by atoms with Gasteiger partial charge in [-0.1, -0.05) is 229 Å². The van der Waals surface area contributed by atoms with Gasteiger partial charge in [0.15, 0.2) is 6.10 Å². The number of esters is 3. The Bertz CT molecular complexity index is 1180. The van der Waals surface area contributed by atoms with Crippen LogP contribution in [-0.2, 0) is 28.6 Å². The predicted octanol–water partition coefficient (Wildman–Crippen LogP) is 17.0. The molecule has 0 spiro atoms. The second kappa shape index (κ2) is 50.5. The molecule has 0 amide bonds. The molecule has 0 radical (unpaired) electrons. The molecule has 0 fully saturated rings. The van der Waals surface area contributed by atoms with Gasteiger partial charge in [0.25, 0.3) is 0 Å². The lowest BCUT2D eigenvalue weighted by atomic mass is 10.1. The summed E-state index contributed by atoms with van der Waals surface area (Å²) < 4.78 is 16.7. The second-order valence-corrected chi connectivity index (χ2v) is 17.1. The van der Waals surface area contributed by atoms with E-state index in [1.165, 1.54) is 103 Å². The number of carbonyl (C=O) groups is 3. The number of hydrogen-bond donors (Lipinski definition) is 0. The van der Waals surface area contributed by atoms with Crippen molar-refractivity contribution in [1.82, 2.24) is 0 Å². The molecule has 0 bridgehead atoms. The number of carbonyl (C=O) groups excluding carboxylic acids is 3. The van der Waals surface area contributed by atoms with Crippen LogP contribution in [0.5, 0.6) is 0 Å². The van der Waals surface area contributed by atoms with Crippen molar-refractivity contribution in [1.29, 1.82) is 0 Å². The molecule has 0 aromatic heterocycles. The fourth-order valence-electron chi connectivity index (χ4n) is 7.09. The minimum absolute atomic E-state index is 0.0756. The molecule has 0 aromatic carbocycles. The van der Waals surface area contributed by atoms with E-state index in [1.807, 2.05) is 0 Å². The molecule has 6 nitrogen and oxygen atoms in total. The molecule has 6 heteroatoms. The normalized spacial score (nSPS) is 12.6. The van der Waals surface area contributed by atoms with E-state index in [0.29, 0.717) is 19.3 Å². The Morgan fingerprint density at radius 2 is 0.629 bits per heavy atom. The van der Waals surface area contributed by atoms with Crippen LogP contribution in [0.2, 0.25) is 0 Å². The zero-order chi connectivity index (χ0) is 45.1. The predicted molar refractivity (Wildman–Crippen MR) is 265 cm³/mol. The average Bonchev–Trinajstić information content (AvgIpc) is 3.27. The highest BCUT2D eigenvalue weighted by molar-refractivity contribution is 5.71. The maximum atomic E-state index is 12.7. The molecule has 0 aliphatic carbocycles. The Kier molecular flexibility index (Phi) is 47.9. The lowest BCUT2D eigenvalue weighted by Gasteiger charge is -2.18. The first kappa shape index (κ1) is 58.9. The highest BCUT2D eigenvalue weighted by atomic mass is 16.6. The summed E-state index contributed by atoms with van der Waals surface area (Å²) in [5.74, 6) is -0.891. The van der Waals surface area contributed by atoms with Gasteiger partial charge in [-0.3, -0.25) is 14.4 Å². The number of unbranched alkanes of at least 4 members (excludes halogenated alkanes) is 23. The van der Waals surface area contributed by atoms with E-state index in [-0.39, 0.29) is 31.1 Å². The van der Waals surface area contributed by atoms with Crippen molar-refractivity contribution in [2.75, 3.05) is 13.2 Å². The van der Waals surface area contributed by atoms with Gasteiger partial charge in [-0.25, -0.2) is 0 Å². The molecule has 0 saturated carbocycles. The number of ether oxygens (including phenoxy) is 3. The first-order valence-electron chi connectivity index (χ1n) is 25.9. The van der Waals surface area contributed by atoms with E-state index in [4.69, 9.17) is 14.2 Å². The quantitative estimate of drug-likeness (QED) is 0.0262. The van der Waals surface area contributed by atoms with Crippen molar-refractivity contribution in [3.8, 4) is 0 Å². The Hall–Kier alpha value is -3.15. The number of hydrogen-bond acceptors (Lipinski definition) is 6. The molecule has 0 aliphatic heterocycles. The molecule has 1 unspecified atom stereocenters. The van der Waals surface area contributed by atoms with Crippen LogP contribution in [0, 0.1) is 0 Å². The van der Waals surface area contributed by atoms with Crippen LogP contribution in [0.25, 0.3) is 0 Å². The SMILES string of the molecule is CC/C=C\C/C=C\C/C=C\C/C=C\C/C=C\C/C=C\CCCCCCCCCCC(=O)OCC(COC(=O)CCCCCCCCC)OC(=O)CCCCCCCCCCCC. The van der Waals surface area contributed by atoms with E-state index in [2.05, 4.69) is 93.7 Å². The third kappa shape index (κ3) is 47.9. The van der Waals surface area contributed by atoms with Gasteiger partial charge in [0.1, 0.15) is 13.2 Å². The topological polar surface area (TPSA) is 78.9 Å². The molecule has 0 rings (SSSR count). The zero-order valence-corrected chi connectivity index (χ0v) is 40.6. The molecular formula is C56H96O6. The Balaban J connectivity index is 4.13. The van der Waals surface area contributed by atoms with Crippen LogP contribution in [-0.4, -0.2) is 37.2 Å². The second-order valence-electron chi connectivity index (χ2n) is 17.1. The maximum absolute atomic E-state index is 12.7. The first-order chi connectivity index (χ1) is 30.5. The minimum Gasteiger partial charge on any atom is -0.462 e. The zero-order valence-electron chi connectivity index (χ0n) is 40.6. The monoisotopic (exact) mass is 865 g/mol. The van der Waals surface area contributed by atoms with Crippen LogP contribution in [0.15, 0.2) is 72.9 Å². The molecule has 356 valence electrons. The van der Waals surface area contributed by atoms with Gasteiger partial charge in [-0.05, 0) is 70.6 Å². The number of rotatable bonds is 46. The van der Waals surface area contributed by atoms with Crippen LogP contribution in [0.4, 0.5) is 0 Å². The highest BCUT2D eigenvalue weighted by Gasteiger charge is 2.19. The lowest BCUT2D eigenvalue weighted by molar-refractivity contribution is -0.167. The van der Waals surface area contributed by atoms with E-state index < -0.39 is 6.10 Å². The summed E-state index contributed by atoms with van der Waals surface area (Å²) in [5, 5.41) is 0. The van der Waals surface area contributed by atoms with Gasteiger partial charge in [0, 0.05) is 19.3 Å². The van der Waals surface area contributed by atoms with E-state index in [0.717, 1.165) is 103 Å². The van der Waals surface area contributed by atoms with Crippen molar-refractivity contribution in [3.05, 3.63) is 72.9 Å². The fourth-order valence-corrected chi connectivity index (χ4v) is 7.09. The molecule has 0 aliphatic rings. The van der Waals surface area contributed by atoms with Crippen molar-refractivity contribution < 1.29 is 28.6 Å². The van der Waals surface area contributed by atoms with Gasteiger partial charge in [-0.2, -0.15) is 0 Å². The summed E-state index contributed by atoms with van der Waals surface area (Å²) in [7, 11) is 0. The molecule has 62 heavy (non-hydrogen) atoms. The average molecular weight is 865 g/mol. The van der Waals surface area contributed by atoms with Crippen LogP contribution in [0.1, 0.15) is 245 Å². The van der Waals surface area contributed by atoms with E-state index >= 15 is 0 Å². The lowest BCUT2D eigenvalue weighted by Crippen LogP contribution is -2.30. The van der Waals surface area contributed by atoms with Gasteiger partial charge in [0.2, 0.25) is 0 Å². The Morgan fingerprint density at radius 3 is 0.984 bits per heavy atom. The number of allylic oxidation sites excluding steroid dienone is 12. The molecular weight excluding hydrogens is 769 g/mol. The largest absolute Gasteiger partial charge is 0.462 e. The summed E-state index contributed by atoms with van der Waals surface area (Å²) in [6.07, 6.45) is 63.4. The highest BCUT2D eigenvalue weighted by Crippen LogP contribution is 2.15. The molecule has 0 saturated heterocycles. The summed E-state index contributed by atoms with van der Waals surface area (Å²) in [6.45, 7) is 6.46. The summed E-state index contributed by atoms with van der Waals surface area (Å²) >= 11 is 0. The fraction of sp³-hybridized carbons (Fsp3) is 0.732. The molecule has 0 heterocycles. The van der Waals surface area contributed by atoms with Crippen molar-refractivity contribution in [2.24, 2.45) is 0 Å². The molecule has 1 atom stereocenters. The van der Waals surface area contributed by atoms with E-state index in [9.17, 15) is 14.4 Å². The summed E-state index contributed by atoms with van der Waals surface area (Å²) in [4.78, 5) is 37.7. The standard InChI is InChI=1S/C56H96O6/c1-4-7-10-13-16-18-20-21-22-23-24-25-26-27-28-29-30-31-32-33-34-35-36-38-40-43-46-49-55(58)61-52-53(51-60-54(57)48-45-42-39-15-12-9-6-3)62-56(59)50-47-44-41-37-19-17-14-11-8-5-2/h7,10,16,18,21-22,24-25,27-28,30-31,53H,4-6,8-9,11-15,17,19-20,23,26,29,32-52H2,1-3H3/b10-7-,18-16-,22-21-,25-24-,28-27-,31-30-. The smallest absolute Gasteiger partial charge is 0.306 e. The van der Waals surface area contributed by atoms with Gasteiger partial charge >= 0.3 is 17.9 Å². The van der Waals surface area contributed by atoms with Crippen molar-refractivity contribution >= 4 is 17.9 Å². The Morgan fingerprint density at radius 1 is 0.339 bits per heavy atom. The van der Waals surface area contributed by atoms with Crippen molar-refractivity contribution in [3.63, 3.8) is 0 Å². The van der Waals surface area contributed by atoms with Crippen LogP contribution >= 0.6 is 0 Å². The maximum Gasteiger partial charge on any atom is 0.306 e. The van der Waals surface area contributed by atoms with Crippen LogP contribution < -0.4 is 0 Å². The van der Waals surface area contributed by atoms with Gasteiger partial charge in [-0.15, -0.1) is 0 Å². The third-order valence-corrected chi connectivity index (χ3v) is 11.0. The van der Waals surface area contributed by atoms with Gasteiger partial charge < -0.3 is 14.2 Å². The summed E-state index contributed by atoms with van der Waals surface area (Å²) in [6, 6.07) is 0. The van der Waals surface area contributed by atoms with Crippen molar-refractivity contribution in [2.45, 2.75) is 252 Å². The Labute approximate surface area is 382 Å². The minimum atomic E-state index is -0.771. The molecule has 0 aromatic rings.